The summed E-state index contributed by atoms with van der Waals surface area (Å²) in [5, 5.41) is 5.81. The Labute approximate surface area is 119 Å². The van der Waals surface area contributed by atoms with Gasteiger partial charge in [-0.25, -0.2) is 9.97 Å². The third kappa shape index (κ3) is 3.91. The van der Waals surface area contributed by atoms with Gasteiger partial charge in [0, 0.05) is 17.2 Å². The minimum Gasteiger partial charge on any atom is -0.313 e. The van der Waals surface area contributed by atoms with Crippen LogP contribution in [-0.2, 0) is 0 Å². The SMILES string of the molecule is CCCNC(CC)CSc1ncnc2ccccc12. The number of benzene rings is 1. The summed E-state index contributed by atoms with van der Waals surface area (Å²) in [7, 11) is 0. The lowest BCUT2D eigenvalue weighted by Gasteiger charge is -2.16. The van der Waals surface area contributed by atoms with Gasteiger partial charge >= 0.3 is 0 Å². The molecule has 0 saturated heterocycles. The molecule has 1 aromatic carbocycles. The standard InChI is InChI=1S/C15H21N3S/c1-3-9-16-12(4-2)10-19-15-13-7-5-6-8-14(13)17-11-18-15/h5-8,11-12,16H,3-4,9-10H2,1-2H3. The first-order valence-electron chi connectivity index (χ1n) is 6.91. The number of thioether (sulfide) groups is 1. The number of nitrogens with zero attached hydrogens (tertiary/aromatic N) is 2. The summed E-state index contributed by atoms with van der Waals surface area (Å²) in [5.41, 5.74) is 1.02. The second-order valence-corrected chi connectivity index (χ2v) is 5.57. The highest BCUT2D eigenvalue weighted by atomic mass is 32.2. The summed E-state index contributed by atoms with van der Waals surface area (Å²) in [4.78, 5) is 8.72. The Bertz CT molecular complexity index is 510. The van der Waals surface area contributed by atoms with E-state index in [0.29, 0.717) is 6.04 Å². The summed E-state index contributed by atoms with van der Waals surface area (Å²) < 4.78 is 0. The molecule has 2 aromatic rings. The maximum Gasteiger partial charge on any atom is 0.117 e. The van der Waals surface area contributed by atoms with Crippen LogP contribution in [0.15, 0.2) is 35.6 Å². The molecule has 0 spiro atoms. The summed E-state index contributed by atoms with van der Waals surface area (Å²) >= 11 is 1.82. The minimum atomic E-state index is 0.554. The Morgan fingerprint density at radius 1 is 1.21 bits per heavy atom. The van der Waals surface area contributed by atoms with Gasteiger partial charge in [0.05, 0.1) is 5.52 Å². The van der Waals surface area contributed by atoms with Gasteiger partial charge in [-0.3, -0.25) is 0 Å². The predicted molar refractivity (Wildman–Crippen MR) is 82.6 cm³/mol. The fraction of sp³-hybridized carbons (Fsp3) is 0.467. The van der Waals surface area contributed by atoms with Crippen LogP contribution in [0.1, 0.15) is 26.7 Å². The quantitative estimate of drug-likeness (QED) is 0.620. The van der Waals surface area contributed by atoms with Crippen molar-refractivity contribution < 1.29 is 0 Å². The molecule has 0 amide bonds. The number of fused-ring (bicyclic) bond motifs is 1. The molecule has 4 heteroatoms. The first-order valence-corrected chi connectivity index (χ1v) is 7.89. The van der Waals surface area contributed by atoms with E-state index in [1.807, 2.05) is 30.0 Å². The average Bonchev–Trinajstić information content (AvgIpc) is 2.47. The van der Waals surface area contributed by atoms with Crippen LogP contribution >= 0.6 is 11.8 Å². The van der Waals surface area contributed by atoms with E-state index < -0.39 is 0 Å². The van der Waals surface area contributed by atoms with E-state index >= 15 is 0 Å². The molecule has 1 atom stereocenters. The number of nitrogens with one attached hydrogen (secondary N) is 1. The summed E-state index contributed by atoms with van der Waals surface area (Å²) in [6, 6.07) is 8.74. The van der Waals surface area contributed by atoms with Gasteiger partial charge in [0.25, 0.3) is 0 Å². The monoisotopic (exact) mass is 275 g/mol. The molecule has 19 heavy (non-hydrogen) atoms. The number of para-hydroxylation sites is 1. The van der Waals surface area contributed by atoms with E-state index in [-0.39, 0.29) is 0 Å². The molecule has 0 bridgehead atoms. The van der Waals surface area contributed by atoms with E-state index in [4.69, 9.17) is 0 Å². The van der Waals surface area contributed by atoms with Crippen molar-refractivity contribution in [1.29, 1.82) is 0 Å². The van der Waals surface area contributed by atoms with Crippen molar-refractivity contribution >= 4 is 22.7 Å². The third-order valence-electron chi connectivity index (χ3n) is 3.10. The number of hydrogen-bond acceptors (Lipinski definition) is 4. The van der Waals surface area contributed by atoms with E-state index in [2.05, 4.69) is 35.2 Å². The molecule has 0 aliphatic heterocycles. The highest BCUT2D eigenvalue weighted by Gasteiger charge is 2.08. The third-order valence-corrected chi connectivity index (χ3v) is 4.27. The van der Waals surface area contributed by atoms with Crippen molar-refractivity contribution in [2.24, 2.45) is 0 Å². The van der Waals surface area contributed by atoms with Crippen molar-refractivity contribution in [3.8, 4) is 0 Å². The van der Waals surface area contributed by atoms with Gasteiger partial charge in [0.15, 0.2) is 0 Å². The zero-order valence-corrected chi connectivity index (χ0v) is 12.4. The first kappa shape index (κ1) is 14.3. The van der Waals surface area contributed by atoms with Gasteiger partial charge < -0.3 is 5.32 Å². The summed E-state index contributed by atoms with van der Waals surface area (Å²) in [6.07, 6.45) is 3.98. The maximum atomic E-state index is 4.42. The number of aromatic nitrogens is 2. The van der Waals surface area contributed by atoms with Gasteiger partial charge in [-0.05, 0) is 25.5 Å². The fourth-order valence-electron chi connectivity index (χ4n) is 1.94. The van der Waals surface area contributed by atoms with Gasteiger partial charge in [-0.1, -0.05) is 32.0 Å². The van der Waals surface area contributed by atoms with E-state index in [9.17, 15) is 0 Å². The van der Waals surface area contributed by atoms with E-state index in [1.54, 1.807) is 6.33 Å². The number of rotatable bonds is 7. The summed E-state index contributed by atoms with van der Waals surface area (Å²) in [6.45, 7) is 5.51. The maximum absolute atomic E-state index is 4.42. The molecule has 3 nitrogen and oxygen atoms in total. The Balaban J connectivity index is 2.04. The van der Waals surface area contributed by atoms with Gasteiger partial charge in [-0.2, -0.15) is 0 Å². The van der Waals surface area contributed by atoms with E-state index in [0.717, 1.165) is 34.6 Å². The molecule has 0 aliphatic carbocycles. The fourth-order valence-corrected chi connectivity index (χ4v) is 3.11. The zero-order valence-electron chi connectivity index (χ0n) is 11.6. The Kier molecular flexibility index (Phi) is 5.61. The molecule has 2 rings (SSSR count). The topological polar surface area (TPSA) is 37.8 Å². The van der Waals surface area contributed by atoms with Crippen molar-refractivity contribution in [3.63, 3.8) is 0 Å². The van der Waals surface area contributed by atoms with Crippen LogP contribution in [0, 0.1) is 0 Å². The summed E-state index contributed by atoms with van der Waals surface area (Å²) in [5.74, 6) is 1.05. The Morgan fingerprint density at radius 3 is 2.84 bits per heavy atom. The lowest BCUT2D eigenvalue weighted by molar-refractivity contribution is 0.539. The normalized spacial score (nSPS) is 12.7. The molecule has 102 valence electrons. The molecule has 1 aromatic heterocycles. The molecule has 0 aliphatic rings. The highest BCUT2D eigenvalue weighted by molar-refractivity contribution is 7.99. The largest absolute Gasteiger partial charge is 0.313 e. The zero-order chi connectivity index (χ0) is 13.5. The molecule has 1 heterocycles. The highest BCUT2D eigenvalue weighted by Crippen LogP contribution is 2.24. The minimum absolute atomic E-state index is 0.554. The molecular weight excluding hydrogens is 254 g/mol. The molecule has 1 unspecified atom stereocenters. The first-order chi connectivity index (χ1) is 9.35. The van der Waals surface area contributed by atoms with Crippen LogP contribution in [0.3, 0.4) is 0 Å². The van der Waals surface area contributed by atoms with Crippen LogP contribution in [0.5, 0.6) is 0 Å². The van der Waals surface area contributed by atoms with Crippen molar-refractivity contribution in [2.45, 2.75) is 37.8 Å². The molecule has 0 saturated carbocycles. The number of hydrogen-bond donors (Lipinski definition) is 1. The smallest absolute Gasteiger partial charge is 0.117 e. The van der Waals surface area contributed by atoms with Crippen LogP contribution in [0.25, 0.3) is 10.9 Å². The molecule has 0 fully saturated rings. The van der Waals surface area contributed by atoms with Crippen LogP contribution < -0.4 is 5.32 Å². The van der Waals surface area contributed by atoms with Crippen LogP contribution in [0.2, 0.25) is 0 Å². The predicted octanol–water partition coefficient (Wildman–Crippen LogP) is 3.50. The van der Waals surface area contributed by atoms with Crippen molar-refractivity contribution in [1.82, 2.24) is 15.3 Å². The lowest BCUT2D eigenvalue weighted by atomic mass is 10.2. The molecular formula is C15H21N3S. The van der Waals surface area contributed by atoms with Crippen molar-refractivity contribution in [3.05, 3.63) is 30.6 Å². The lowest BCUT2D eigenvalue weighted by Crippen LogP contribution is -2.31. The average molecular weight is 275 g/mol. The Morgan fingerprint density at radius 2 is 2.05 bits per heavy atom. The Hall–Kier alpha value is -1.13. The second-order valence-electron chi connectivity index (χ2n) is 4.57. The van der Waals surface area contributed by atoms with Gasteiger partial charge in [-0.15, -0.1) is 11.8 Å². The van der Waals surface area contributed by atoms with Crippen molar-refractivity contribution in [2.75, 3.05) is 12.3 Å². The van der Waals surface area contributed by atoms with Crippen LogP contribution in [0.4, 0.5) is 0 Å². The van der Waals surface area contributed by atoms with Crippen LogP contribution in [-0.4, -0.2) is 28.3 Å². The molecule has 1 N–H and O–H groups in total. The van der Waals surface area contributed by atoms with Gasteiger partial charge in [0.2, 0.25) is 0 Å². The second kappa shape index (κ2) is 7.46. The molecule has 0 radical (unpaired) electrons. The van der Waals surface area contributed by atoms with Gasteiger partial charge in [0.1, 0.15) is 11.4 Å². The van der Waals surface area contributed by atoms with E-state index in [1.165, 1.54) is 6.42 Å².